The molecule has 0 fully saturated rings. The molecule has 0 atom stereocenters. The van der Waals surface area contributed by atoms with E-state index < -0.39 is 10.8 Å². The molecule has 0 aliphatic rings. The molecule has 0 aliphatic heterocycles. The first kappa shape index (κ1) is 14.9. The summed E-state index contributed by atoms with van der Waals surface area (Å²) in [6, 6.07) is 3.97. The van der Waals surface area contributed by atoms with Gasteiger partial charge >= 0.3 is 0 Å². The van der Waals surface area contributed by atoms with Gasteiger partial charge in [-0.25, -0.2) is 5.48 Å². The van der Waals surface area contributed by atoms with Gasteiger partial charge in [-0.15, -0.1) is 0 Å². The summed E-state index contributed by atoms with van der Waals surface area (Å²) >= 11 is 0. The van der Waals surface area contributed by atoms with Crippen molar-refractivity contribution < 1.29 is 19.3 Å². The highest BCUT2D eigenvalue weighted by molar-refractivity contribution is 5.99. The van der Waals surface area contributed by atoms with Gasteiger partial charge in [-0.2, -0.15) is 0 Å². The Bertz CT molecular complexity index is 464. The second-order valence-electron chi connectivity index (χ2n) is 3.54. The highest BCUT2D eigenvalue weighted by atomic mass is 16.6. The molecule has 0 heterocycles. The molecule has 1 aromatic carbocycles. The van der Waals surface area contributed by atoms with Gasteiger partial charge < -0.3 is 10.1 Å². The number of ether oxygens (including phenoxy) is 1. The fourth-order valence-corrected chi connectivity index (χ4v) is 1.42. The average Bonchev–Trinajstić information content (AvgIpc) is 2.39. The van der Waals surface area contributed by atoms with Gasteiger partial charge in [0.15, 0.2) is 0 Å². The van der Waals surface area contributed by atoms with Crippen LogP contribution in [0.15, 0.2) is 18.2 Å². The molecular weight excluding hydrogens is 254 g/mol. The minimum absolute atomic E-state index is 0.132. The third-order valence-electron chi connectivity index (χ3n) is 2.27. The van der Waals surface area contributed by atoms with Crippen molar-refractivity contribution in [3.8, 4) is 0 Å². The van der Waals surface area contributed by atoms with Crippen molar-refractivity contribution in [3.05, 3.63) is 33.9 Å². The number of rotatable bonds is 7. The number of amides is 1. The highest BCUT2D eigenvalue weighted by Crippen LogP contribution is 2.22. The molecule has 19 heavy (non-hydrogen) atoms. The monoisotopic (exact) mass is 269 g/mol. The second kappa shape index (κ2) is 7.29. The topological polar surface area (TPSA) is 103 Å². The molecule has 0 saturated heterocycles. The first-order valence-electron chi connectivity index (χ1n) is 5.44. The lowest BCUT2D eigenvalue weighted by Gasteiger charge is -2.11. The third kappa shape index (κ3) is 4.19. The van der Waals surface area contributed by atoms with Crippen molar-refractivity contribution in [2.24, 2.45) is 0 Å². The number of nitro groups is 1. The van der Waals surface area contributed by atoms with Crippen LogP contribution < -0.4 is 10.8 Å². The predicted octanol–water partition coefficient (Wildman–Crippen LogP) is 0.944. The van der Waals surface area contributed by atoms with Gasteiger partial charge in [0.2, 0.25) is 0 Å². The Morgan fingerprint density at radius 2 is 2.16 bits per heavy atom. The number of hydroxylamine groups is 1. The number of carbonyl (C=O) groups excluding carboxylic acids is 1. The SMILES string of the molecule is COCCNc1ccc([N+](=O)[O-])cc1C(=O)NOC. The molecule has 0 unspecified atom stereocenters. The van der Waals surface area contributed by atoms with Gasteiger partial charge in [0, 0.05) is 31.5 Å². The summed E-state index contributed by atoms with van der Waals surface area (Å²) < 4.78 is 4.88. The lowest BCUT2D eigenvalue weighted by atomic mass is 10.1. The minimum atomic E-state index is -0.567. The average molecular weight is 269 g/mol. The van der Waals surface area contributed by atoms with Crippen LogP contribution in [-0.2, 0) is 9.57 Å². The highest BCUT2D eigenvalue weighted by Gasteiger charge is 2.16. The number of benzene rings is 1. The largest absolute Gasteiger partial charge is 0.383 e. The number of methoxy groups -OCH3 is 1. The van der Waals surface area contributed by atoms with E-state index in [1.54, 1.807) is 7.11 Å². The lowest BCUT2D eigenvalue weighted by Crippen LogP contribution is -2.23. The molecule has 2 N–H and O–H groups in total. The molecule has 8 heteroatoms. The van der Waals surface area contributed by atoms with E-state index in [-0.39, 0.29) is 11.3 Å². The van der Waals surface area contributed by atoms with E-state index in [1.165, 1.54) is 25.3 Å². The van der Waals surface area contributed by atoms with Gasteiger partial charge in [0.05, 0.1) is 24.2 Å². The molecule has 0 saturated carbocycles. The standard InChI is InChI=1S/C11H15N3O5/c1-18-6-5-12-10-4-3-8(14(16)17)7-9(10)11(15)13-19-2/h3-4,7,12H,5-6H2,1-2H3,(H,13,15). The number of nitrogens with one attached hydrogen (secondary N) is 2. The summed E-state index contributed by atoms with van der Waals surface area (Å²) in [5.74, 6) is -0.564. The second-order valence-corrected chi connectivity index (χ2v) is 3.54. The van der Waals surface area contributed by atoms with Crippen molar-refractivity contribution in [2.75, 3.05) is 32.7 Å². The molecule has 0 aromatic heterocycles. The zero-order valence-corrected chi connectivity index (χ0v) is 10.6. The normalized spacial score (nSPS) is 10.0. The number of anilines is 1. The van der Waals surface area contributed by atoms with Crippen molar-refractivity contribution in [1.82, 2.24) is 5.48 Å². The van der Waals surface area contributed by atoms with E-state index in [1.807, 2.05) is 0 Å². The predicted molar refractivity (Wildman–Crippen MR) is 67.9 cm³/mol. The van der Waals surface area contributed by atoms with Crippen molar-refractivity contribution in [2.45, 2.75) is 0 Å². The van der Waals surface area contributed by atoms with E-state index in [0.29, 0.717) is 18.8 Å². The summed E-state index contributed by atoms with van der Waals surface area (Å²) in [7, 11) is 2.84. The summed E-state index contributed by atoms with van der Waals surface area (Å²) in [4.78, 5) is 26.4. The molecule has 1 aromatic rings. The van der Waals surface area contributed by atoms with Crippen LogP contribution in [0, 0.1) is 10.1 Å². The van der Waals surface area contributed by atoms with E-state index in [9.17, 15) is 14.9 Å². The third-order valence-corrected chi connectivity index (χ3v) is 2.27. The summed E-state index contributed by atoms with van der Waals surface area (Å²) in [6.45, 7) is 0.921. The number of non-ortho nitro benzene ring substituents is 1. The number of hydrogen-bond acceptors (Lipinski definition) is 6. The Balaban J connectivity index is 3.00. The van der Waals surface area contributed by atoms with Gasteiger partial charge in [0.1, 0.15) is 0 Å². The maximum atomic E-state index is 11.7. The quantitative estimate of drug-likeness (QED) is 0.434. The van der Waals surface area contributed by atoms with Gasteiger partial charge in [-0.3, -0.25) is 19.7 Å². The minimum Gasteiger partial charge on any atom is -0.383 e. The van der Waals surface area contributed by atoms with Crippen LogP contribution in [0.1, 0.15) is 10.4 Å². The molecule has 1 rings (SSSR count). The summed E-state index contributed by atoms with van der Waals surface area (Å²) in [6.07, 6.45) is 0. The van der Waals surface area contributed by atoms with Crippen LogP contribution in [-0.4, -0.2) is 38.2 Å². The van der Waals surface area contributed by atoms with Crippen LogP contribution in [0.25, 0.3) is 0 Å². The Hall–Kier alpha value is -2.19. The Morgan fingerprint density at radius 1 is 1.42 bits per heavy atom. The summed E-state index contributed by atoms with van der Waals surface area (Å²) in [5.41, 5.74) is 2.56. The van der Waals surface area contributed by atoms with Crippen LogP contribution >= 0.6 is 0 Å². The Labute approximate surface area is 109 Å². The van der Waals surface area contributed by atoms with E-state index in [0.717, 1.165) is 0 Å². The zero-order valence-electron chi connectivity index (χ0n) is 10.6. The zero-order chi connectivity index (χ0) is 14.3. The molecule has 0 spiro atoms. The number of carbonyl (C=O) groups is 1. The van der Waals surface area contributed by atoms with Crippen molar-refractivity contribution in [3.63, 3.8) is 0 Å². The smallest absolute Gasteiger partial charge is 0.277 e. The molecule has 8 nitrogen and oxygen atoms in total. The lowest BCUT2D eigenvalue weighted by molar-refractivity contribution is -0.384. The van der Waals surface area contributed by atoms with Crippen LogP contribution in [0.2, 0.25) is 0 Å². The summed E-state index contributed by atoms with van der Waals surface area (Å²) in [5, 5.41) is 13.7. The number of nitro benzene ring substituents is 1. The first-order valence-corrected chi connectivity index (χ1v) is 5.44. The molecular formula is C11H15N3O5. The first-order chi connectivity index (χ1) is 9.10. The van der Waals surface area contributed by atoms with E-state index in [2.05, 4.69) is 15.6 Å². The molecule has 1 amide bonds. The molecule has 0 radical (unpaired) electrons. The van der Waals surface area contributed by atoms with E-state index in [4.69, 9.17) is 4.74 Å². The van der Waals surface area contributed by atoms with E-state index >= 15 is 0 Å². The number of hydrogen-bond donors (Lipinski definition) is 2. The fourth-order valence-electron chi connectivity index (χ4n) is 1.42. The number of nitrogens with zero attached hydrogens (tertiary/aromatic N) is 1. The van der Waals surface area contributed by atoms with Crippen LogP contribution in [0.4, 0.5) is 11.4 Å². The van der Waals surface area contributed by atoms with Gasteiger partial charge in [-0.05, 0) is 6.07 Å². The molecule has 0 bridgehead atoms. The fraction of sp³-hybridized carbons (Fsp3) is 0.364. The van der Waals surface area contributed by atoms with Gasteiger partial charge in [0.25, 0.3) is 11.6 Å². The van der Waals surface area contributed by atoms with Crippen molar-refractivity contribution >= 4 is 17.3 Å². The van der Waals surface area contributed by atoms with Crippen LogP contribution in [0.3, 0.4) is 0 Å². The molecule has 0 aliphatic carbocycles. The van der Waals surface area contributed by atoms with Gasteiger partial charge in [-0.1, -0.05) is 0 Å². The molecule has 104 valence electrons. The maximum Gasteiger partial charge on any atom is 0.277 e. The van der Waals surface area contributed by atoms with Crippen molar-refractivity contribution in [1.29, 1.82) is 0 Å². The maximum absolute atomic E-state index is 11.7. The Morgan fingerprint density at radius 3 is 2.74 bits per heavy atom. The van der Waals surface area contributed by atoms with Crippen LogP contribution in [0.5, 0.6) is 0 Å². The Kier molecular flexibility index (Phi) is 5.71.